The summed E-state index contributed by atoms with van der Waals surface area (Å²) in [5.41, 5.74) is -0.488. The van der Waals surface area contributed by atoms with Gasteiger partial charge in [0.15, 0.2) is 11.0 Å². The molecule has 3 aromatic rings. The molecule has 1 N–H and O–H groups in total. The van der Waals surface area contributed by atoms with Crippen molar-refractivity contribution in [2.45, 2.75) is 38.2 Å². The number of carbonyl (C=O) groups excluding carboxylic acids is 2. The van der Waals surface area contributed by atoms with E-state index >= 15 is 0 Å². The fourth-order valence-corrected chi connectivity index (χ4v) is 4.60. The van der Waals surface area contributed by atoms with Gasteiger partial charge in [0.1, 0.15) is 17.4 Å². The third kappa shape index (κ3) is 6.98. The summed E-state index contributed by atoms with van der Waals surface area (Å²) in [6.45, 7) is 3.78. The van der Waals surface area contributed by atoms with Crippen LogP contribution in [0, 0.1) is 0 Å². The lowest BCUT2D eigenvalue weighted by Gasteiger charge is -2.10. The summed E-state index contributed by atoms with van der Waals surface area (Å²) in [6.07, 6.45) is -3.75. The Morgan fingerprint density at radius 3 is 2.66 bits per heavy atom. The number of nitrogens with zero attached hydrogens (tertiary/aromatic N) is 3. The van der Waals surface area contributed by atoms with Crippen LogP contribution in [0.4, 0.5) is 18.2 Å². The maximum atomic E-state index is 12.9. The summed E-state index contributed by atoms with van der Waals surface area (Å²) in [6, 6.07) is 6.27. The highest BCUT2D eigenvalue weighted by molar-refractivity contribution is 7.99. The van der Waals surface area contributed by atoms with Gasteiger partial charge in [-0.3, -0.25) is 4.79 Å². The highest BCUT2D eigenvalue weighted by Gasteiger charge is 2.30. The maximum Gasteiger partial charge on any atom is 0.416 e. The van der Waals surface area contributed by atoms with Crippen LogP contribution in [0.15, 0.2) is 35.5 Å². The molecule has 35 heavy (non-hydrogen) atoms. The minimum Gasteiger partial charge on any atom is -0.486 e. The molecule has 1 aromatic carbocycles. The van der Waals surface area contributed by atoms with Crippen molar-refractivity contribution in [3.05, 3.63) is 52.2 Å². The van der Waals surface area contributed by atoms with Gasteiger partial charge < -0.3 is 19.4 Å². The molecule has 0 aliphatic heterocycles. The molecule has 0 spiro atoms. The van der Waals surface area contributed by atoms with E-state index in [4.69, 9.17) is 9.47 Å². The number of thioether (sulfide) groups is 1. The molecule has 0 saturated heterocycles. The number of aromatic nitrogens is 3. The zero-order valence-corrected chi connectivity index (χ0v) is 20.8. The Balaban J connectivity index is 1.58. The fraction of sp³-hybridized carbons (Fsp3) is 0.364. The first-order valence-corrected chi connectivity index (χ1v) is 12.3. The van der Waals surface area contributed by atoms with Gasteiger partial charge in [0.25, 0.3) is 0 Å². The molecule has 0 atom stereocenters. The second kappa shape index (κ2) is 11.6. The molecule has 0 bridgehead atoms. The molecule has 8 nitrogen and oxygen atoms in total. The molecular formula is C22H23F3N4O4S2. The average molecular weight is 529 g/mol. The van der Waals surface area contributed by atoms with Gasteiger partial charge in [-0.2, -0.15) is 13.2 Å². The number of alkyl halides is 3. The van der Waals surface area contributed by atoms with Crippen molar-refractivity contribution >= 4 is 40.0 Å². The molecule has 2 aromatic heterocycles. The summed E-state index contributed by atoms with van der Waals surface area (Å²) in [5, 5.41) is 11.6. The number of benzene rings is 1. The van der Waals surface area contributed by atoms with E-state index in [-0.39, 0.29) is 30.6 Å². The number of amides is 1. The number of anilines is 1. The summed E-state index contributed by atoms with van der Waals surface area (Å²) in [7, 11) is 1.66. The van der Waals surface area contributed by atoms with Crippen molar-refractivity contribution in [1.29, 1.82) is 0 Å². The summed E-state index contributed by atoms with van der Waals surface area (Å²) in [5.74, 6) is -0.404. The van der Waals surface area contributed by atoms with Crippen molar-refractivity contribution in [1.82, 2.24) is 14.8 Å². The lowest BCUT2D eigenvalue weighted by molar-refractivity contribution is -0.137. The Morgan fingerprint density at radius 1 is 1.20 bits per heavy atom. The van der Waals surface area contributed by atoms with E-state index in [0.717, 1.165) is 28.8 Å². The van der Waals surface area contributed by atoms with Crippen LogP contribution in [0.1, 0.15) is 40.5 Å². The predicted molar refractivity (Wildman–Crippen MR) is 126 cm³/mol. The number of hydrogen-bond donors (Lipinski definition) is 1. The molecule has 188 valence electrons. The molecule has 0 aliphatic carbocycles. The molecule has 0 unspecified atom stereocenters. The smallest absolute Gasteiger partial charge is 0.416 e. The normalized spacial score (nSPS) is 11.4. The number of hydrogen-bond acceptors (Lipinski definition) is 8. The molecule has 2 heterocycles. The first-order valence-electron chi connectivity index (χ1n) is 10.5. The molecule has 3 rings (SSSR count). The first-order chi connectivity index (χ1) is 16.6. The van der Waals surface area contributed by atoms with E-state index in [2.05, 4.69) is 15.5 Å². The van der Waals surface area contributed by atoms with Gasteiger partial charge in [0, 0.05) is 11.9 Å². The second-order valence-electron chi connectivity index (χ2n) is 7.14. The standard InChI is InChI=1S/C22H23F3N4O4S2/c1-4-15-10-16(20(31)32-5-2)19(35-15)26-18(30)12-34-21-28-27-17(29(21)3)11-33-14-8-6-7-13(9-14)22(23,24)25/h6-10H,4-5,11-12H2,1-3H3,(H,26,30). The number of aryl methyl sites for hydroxylation is 1. The van der Waals surface area contributed by atoms with Crippen LogP contribution < -0.4 is 10.1 Å². The quantitative estimate of drug-likeness (QED) is 0.294. The van der Waals surface area contributed by atoms with Crippen LogP contribution in [-0.4, -0.2) is 39.0 Å². The van der Waals surface area contributed by atoms with E-state index in [0.29, 0.717) is 28.0 Å². The Hall–Kier alpha value is -3.06. The number of nitrogens with one attached hydrogen (secondary N) is 1. The maximum absolute atomic E-state index is 12.9. The van der Waals surface area contributed by atoms with Gasteiger partial charge in [-0.1, -0.05) is 24.8 Å². The van der Waals surface area contributed by atoms with Gasteiger partial charge in [-0.05, 0) is 37.6 Å². The van der Waals surface area contributed by atoms with Crippen molar-refractivity contribution in [3.8, 4) is 5.75 Å². The Kier molecular flexibility index (Phi) is 8.78. The Morgan fingerprint density at radius 2 is 1.97 bits per heavy atom. The topological polar surface area (TPSA) is 95.3 Å². The van der Waals surface area contributed by atoms with Gasteiger partial charge in [0.05, 0.1) is 23.5 Å². The fourth-order valence-electron chi connectivity index (χ4n) is 2.87. The number of thiophene rings is 1. The zero-order valence-electron chi connectivity index (χ0n) is 19.1. The molecular weight excluding hydrogens is 505 g/mol. The molecule has 1 amide bonds. The van der Waals surface area contributed by atoms with E-state index in [1.54, 1.807) is 24.6 Å². The number of ether oxygens (including phenoxy) is 2. The van der Waals surface area contributed by atoms with E-state index in [9.17, 15) is 22.8 Å². The van der Waals surface area contributed by atoms with Gasteiger partial charge in [0.2, 0.25) is 5.91 Å². The van der Waals surface area contributed by atoms with Crippen LogP contribution in [0.2, 0.25) is 0 Å². The van der Waals surface area contributed by atoms with Crippen LogP contribution in [0.25, 0.3) is 0 Å². The highest BCUT2D eigenvalue weighted by atomic mass is 32.2. The van der Waals surface area contributed by atoms with Crippen LogP contribution in [-0.2, 0) is 35.8 Å². The van der Waals surface area contributed by atoms with Crippen molar-refractivity contribution in [2.24, 2.45) is 7.05 Å². The lowest BCUT2D eigenvalue weighted by atomic mass is 10.2. The van der Waals surface area contributed by atoms with Crippen molar-refractivity contribution in [2.75, 3.05) is 17.7 Å². The van der Waals surface area contributed by atoms with Gasteiger partial charge >= 0.3 is 12.1 Å². The van der Waals surface area contributed by atoms with Gasteiger partial charge in [-0.15, -0.1) is 21.5 Å². The summed E-state index contributed by atoms with van der Waals surface area (Å²) >= 11 is 2.44. The molecule has 0 radical (unpaired) electrons. The van der Waals surface area contributed by atoms with Crippen LogP contribution >= 0.6 is 23.1 Å². The lowest BCUT2D eigenvalue weighted by Crippen LogP contribution is -2.16. The Labute approximate surface area is 207 Å². The predicted octanol–water partition coefficient (Wildman–Crippen LogP) is 4.94. The van der Waals surface area contributed by atoms with Crippen molar-refractivity contribution in [3.63, 3.8) is 0 Å². The number of halogens is 3. The highest BCUT2D eigenvalue weighted by Crippen LogP contribution is 2.32. The first kappa shape index (κ1) is 26.5. The van der Waals surface area contributed by atoms with Crippen LogP contribution in [0.3, 0.4) is 0 Å². The van der Waals surface area contributed by atoms with E-state index in [1.807, 2.05) is 6.92 Å². The van der Waals surface area contributed by atoms with E-state index < -0.39 is 17.7 Å². The van der Waals surface area contributed by atoms with Crippen LogP contribution in [0.5, 0.6) is 5.75 Å². The van der Waals surface area contributed by atoms with Crippen molar-refractivity contribution < 1.29 is 32.2 Å². The third-order valence-corrected chi connectivity index (χ3v) is 6.88. The monoisotopic (exact) mass is 528 g/mol. The largest absolute Gasteiger partial charge is 0.486 e. The molecule has 0 aliphatic rings. The molecule has 0 saturated carbocycles. The third-order valence-electron chi connectivity index (χ3n) is 4.67. The van der Waals surface area contributed by atoms with E-state index in [1.165, 1.54) is 23.5 Å². The summed E-state index contributed by atoms with van der Waals surface area (Å²) < 4.78 is 50.7. The average Bonchev–Trinajstić information content (AvgIpc) is 3.39. The summed E-state index contributed by atoms with van der Waals surface area (Å²) in [4.78, 5) is 25.6. The zero-order chi connectivity index (χ0) is 25.6. The molecule has 0 fully saturated rings. The minimum atomic E-state index is -4.47. The number of rotatable bonds is 10. The SMILES string of the molecule is CCOC(=O)c1cc(CC)sc1NC(=O)CSc1nnc(COc2cccc(C(F)(F)F)c2)n1C. The number of esters is 1. The second-order valence-corrected chi connectivity index (χ2v) is 9.22. The Bertz CT molecular complexity index is 1190. The van der Waals surface area contributed by atoms with Gasteiger partial charge in [-0.25, -0.2) is 4.79 Å². The number of carbonyl (C=O) groups is 2. The molecule has 13 heteroatoms. The minimum absolute atomic E-state index is 0.00207.